The highest BCUT2D eigenvalue weighted by Crippen LogP contribution is 2.09. The Labute approximate surface area is 114 Å². The van der Waals surface area contributed by atoms with Crippen molar-refractivity contribution in [2.24, 2.45) is 10.7 Å². The van der Waals surface area contributed by atoms with Gasteiger partial charge < -0.3 is 20.3 Å². The van der Waals surface area contributed by atoms with Crippen molar-refractivity contribution in [2.45, 2.75) is 32.3 Å². The lowest BCUT2D eigenvalue weighted by atomic mass is 10.1. The molecule has 2 heterocycles. The first-order chi connectivity index (χ1) is 9.16. The Bertz CT molecular complexity index is 340. The number of carbonyl (C=O) groups is 1. The van der Waals surface area contributed by atoms with Gasteiger partial charge in [0.1, 0.15) is 6.54 Å². The number of rotatable bonds is 2. The Morgan fingerprint density at radius 1 is 1.26 bits per heavy atom. The van der Waals surface area contributed by atoms with E-state index in [0.29, 0.717) is 12.6 Å². The molecular weight excluding hydrogens is 244 g/mol. The molecule has 0 saturated carbocycles. The highest BCUT2D eigenvalue weighted by Gasteiger charge is 2.19. The van der Waals surface area contributed by atoms with Crippen molar-refractivity contribution in [2.75, 3.05) is 39.3 Å². The van der Waals surface area contributed by atoms with Crippen LogP contribution in [0, 0.1) is 0 Å². The summed E-state index contributed by atoms with van der Waals surface area (Å²) in [7, 11) is 0. The van der Waals surface area contributed by atoms with Crippen LogP contribution >= 0.6 is 0 Å². The third kappa shape index (κ3) is 4.09. The number of hydrogen-bond donors (Lipinski definition) is 1. The molecular formula is C13H24N4O2. The summed E-state index contributed by atoms with van der Waals surface area (Å²) >= 11 is 0. The van der Waals surface area contributed by atoms with Crippen LogP contribution in [-0.2, 0) is 9.53 Å². The molecule has 2 N–H and O–H groups in total. The third-order valence-corrected chi connectivity index (χ3v) is 3.65. The molecule has 2 aliphatic rings. The second-order valence-corrected chi connectivity index (χ2v) is 5.24. The highest BCUT2D eigenvalue weighted by atomic mass is 16.5. The maximum atomic E-state index is 12.0. The van der Waals surface area contributed by atoms with Crippen LogP contribution in [0.2, 0.25) is 0 Å². The van der Waals surface area contributed by atoms with Gasteiger partial charge in [0, 0.05) is 26.2 Å². The number of nitrogens with two attached hydrogens (primary N) is 1. The second kappa shape index (κ2) is 6.75. The summed E-state index contributed by atoms with van der Waals surface area (Å²) in [4.78, 5) is 20.1. The molecule has 1 amide bonds. The van der Waals surface area contributed by atoms with E-state index in [1.807, 2.05) is 16.7 Å². The summed E-state index contributed by atoms with van der Waals surface area (Å²) in [5.41, 5.74) is 5.94. The highest BCUT2D eigenvalue weighted by molar-refractivity contribution is 5.84. The maximum Gasteiger partial charge on any atom is 0.244 e. The molecule has 2 saturated heterocycles. The average Bonchev–Trinajstić information content (AvgIpc) is 2.45. The molecule has 6 nitrogen and oxygen atoms in total. The summed E-state index contributed by atoms with van der Waals surface area (Å²) in [5.74, 6) is 0.546. The van der Waals surface area contributed by atoms with Crippen molar-refractivity contribution in [3.8, 4) is 0 Å². The summed E-state index contributed by atoms with van der Waals surface area (Å²) in [6.45, 7) is 6.06. The molecule has 0 aliphatic carbocycles. The molecule has 0 spiro atoms. The largest absolute Gasteiger partial charge is 0.375 e. The number of hydrogen-bond acceptors (Lipinski definition) is 3. The molecule has 108 valence electrons. The van der Waals surface area contributed by atoms with Gasteiger partial charge in [-0.05, 0) is 26.2 Å². The van der Waals surface area contributed by atoms with E-state index in [2.05, 4.69) is 4.99 Å². The van der Waals surface area contributed by atoms with Gasteiger partial charge >= 0.3 is 0 Å². The first kappa shape index (κ1) is 14.1. The van der Waals surface area contributed by atoms with E-state index in [1.54, 1.807) is 0 Å². The van der Waals surface area contributed by atoms with Gasteiger partial charge in [0.2, 0.25) is 5.91 Å². The van der Waals surface area contributed by atoms with Crippen molar-refractivity contribution in [1.29, 1.82) is 0 Å². The molecule has 6 heteroatoms. The van der Waals surface area contributed by atoms with E-state index in [0.717, 1.165) is 39.0 Å². The zero-order valence-corrected chi connectivity index (χ0v) is 11.7. The van der Waals surface area contributed by atoms with Crippen molar-refractivity contribution in [3.63, 3.8) is 0 Å². The number of aliphatic imine (C=N–C) groups is 1. The van der Waals surface area contributed by atoms with Crippen molar-refractivity contribution in [1.82, 2.24) is 9.80 Å². The van der Waals surface area contributed by atoms with Gasteiger partial charge in [-0.2, -0.15) is 0 Å². The molecule has 1 atom stereocenters. The van der Waals surface area contributed by atoms with Gasteiger partial charge in [-0.15, -0.1) is 0 Å². The number of carbonyl (C=O) groups excluding carboxylic acids is 1. The molecule has 0 radical (unpaired) electrons. The lowest BCUT2D eigenvalue weighted by Crippen LogP contribution is -2.48. The summed E-state index contributed by atoms with van der Waals surface area (Å²) in [5, 5.41) is 0. The quantitative estimate of drug-likeness (QED) is 0.567. The molecule has 0 bridgehead atoms. The number of morpholine rings is 1. The fraction of sp³-hybridized carbons (Fsp3) is 0.846. The lowest BCUT2D eigenvalue weighted by Gasteiger charge is -2.32. The van der Waals surface area contributed by atoms with E-state index >= 15 is 0 Å². The zero-order chi connectivity index (χ0) is 13.7. The minimum absolute atomic E-state index is 0.0870. The lowest BCUT2D eigenvalue weighted by molar-refractivity contribution is -0.130. The minimum atomic E-state index is 0.0870. The number of nitrogens with zero attached hydrogens (tertiary/aromatic N) is 3. The van der Waals surface area contributed by atoms with E-state index < -0.39 is 0 Å². The minimum Gasteiger partial charge on any atom is -0.375 e. The van der Waals surface area contributed by atoms with E-state index in [-0.39, 0.29) is 18.6 Å². The zero-order valence-electron chi connectivity index (χ0n) is 11.7. The number of ether oxygens (including phenoxy) is 1. The SMILES string of the molecule is CC1CN(C(N)=NCC(=O)N2CCCCC2)CCO1. The maximum absolute atomic E-state index is 12.0. The van der Waals surface area contributed by atoms with Gasteiger partial charge in [-0.3, -0.25) is 4.79 Å². The van der Waals surface area contributed by atoms with Crippen molar-refractivity contribution >= 4 is 11.9 Å². The molecule has 2 aliphatic heterocycles. The van der Waals surface area contributed by atoms with E-state index in [9.17, 15) is 4.79 Å². The third-order valence-electron chi connectivity index (χ3n) is 3.65. The van der Waals surface area contributed by atoms with Crippen LogP contribution in [0.5, 0.6) is 0 Å². The van der Waals surface area contributed by atoms with Crippen LogP contribution in [0.4, 0.5) is 0 Å². The van der Waals surface area contributed by atoms with Crippen LogP contribution in [0.15, 0.2) is 4.99 Å². The van der Waals surface area contributed by atoms with Crippen LogP contribution in [-0.4, -0.2) is 67.1 Å². The summed E-state index contributed by atoms with van der Waals surface area (Å²) in [6.07, 6.45) is 3.60. The van der Waals surface area contributed by atoms with E-state index in [1.165, 1.54) is 6.42 Å². The molecule has 0 aromatic rings. The predicted molar refractivity (Wildman–Crippen MR) is 73.9 cm³/mol. The van der Waals surface area contributed by atoms with Crippen LogP contribution in [0.3, 0.4) is 0 Å². The number of amides is 1. The summed E-state index contributed by atoms with van der Waals surface area (Å²) in [6, 6.07) is 0. The standard InChI is InChI=1S/C13H24N4O2/c1-11-10-17(7-8-19-11)13(14)15-9-12(18)16-5-3-2-4-6-16/h11H,2-10H2,1H3,(H2,14,15). The Balaban J connectivity index is 1.81. The fourth-order valence-corrected chi connectivity index (χ4v) is 2.52. The Kier molecular flexibility index (Phi) is 5.01. The Hall–Kier alpha value is -1.30. The molecule has 0 aromatic heterocycles. The van der Waals surface area contributed by atoms with Gasteiger partial charge in [0.15, 0.2) is 5.96 Å². The Morgan fingerprint density at radius 2 is 2.00 bits per heavy atom. The topological polar surface area (TPSA) is 71.2 Å². The van der Waals surface area contributed by atoms with Crippen LogP contribution in [0.1, 0.15) is 26.2 Å². The van der Waals surface area contributed by atoms with Gasteiger partial charge in [0.05, 0.1) is 12.7 Å². The van der Waals surface area contributed by atoms with Crippen molar-refractivity contribution in [3.05, 3.63) is 0 Å². The van der Waals surface area contributed by atoms with Crippen LogP contribution in [0.25, 0.3) is 0 Å². The second-order valence-electron chi connectivity index (χ2n) is 5.24. The number of likely N-dealkylation sites (tertiary alicyclic amines) is 1. The molecule has 1 unspecified atom stereocenters. The molecule has 2 fully saturated rings. The molecule has 2 rings (SSSR count). The molecule has 0 aromatic carbocycles. The van der Waals surface area contributed by atoms with Crippen LogP contribution < -0.4 is 5.73 Å². The van der Waals surface area contributed by atoms with Crippen molar-refractivity contribution < 1.29 is 9.53 Å². The predicted octanol–water partition coefficient (Wildman–Crippen LogP) is 0.0343. The Morgan fingerprint density at radius 3 is 2.68 bits per heavy atom. The normalized spacial score (nSPS) is 25.5. The van der Waals surface area contributed by atoms with E-state index in [4.69, 9.17) is 10.5 Å². The number of piperidine rings is 1. The van der Waals surface area contributed by atoms with Gasteiger partial charge in [-0.25, -0.2) is 4.99 Å². The monoisotopic (exact) mass is 268 g/mol. The average molecular weight is 268 g/mol. The summed E-state index contributed by atoms with van der Waals surface area (Å²) < 4.78 is 5.45. The first-order valence-electron chi connectivity index (χ1n) is 7.11. The smallest absolute Gasteiger partial charge is 0.244 e. The number of guanidine groups is 1. The van der Waals surface area contributed by atoms with Gasteiger partial charge in [0.25, 0.3) is 0 Å². The molecule has 19 heavy (non-hydrogen) atoms. The first-order valence-corrected chi connectivity index (χ1v) is 7.11. The fourth-order valence-electron chi connectivity index (χ4n) is 2.52. The van der Waals surface area contributed by atoms with Gasteiger partial charge in [-0.1, -0.05) is 0 Å².